The molecule has 11 heteroatoms. The molecule has 2 unspecified atom stereocenters. The van der Waals surface area contributed by atoms with E-state index in [-0.39, 0.29) is 50.1 Å². The number of hydrogen-bond donors (Lipinski definition) is 1. The summed E-state index contributed by atoms with van der Waals surface area (Å²) in [5.74, 6) is -2.59. The van der Waals surface area contributed by atoms with Gasteiger partial charge in [0, 0.05) is 6.42 Å². The van der Waals surface area contributed by atoms with Crippen LogP contribution in [-0.4, -0.2) is 11.1 Å². The Hall–Kier alpha value is 1.19. The zero-order valence-electron chi connectivity index (χ0n) is 11.1. The molecule has 1 saturated carbocycles. The third-order valence-electron chi connectivity index (χ3n) is 2.71. The van der Waals surface area contributed by atoms with E-state index in [1.54, 1.807) is 0 Å². The van der Waals surface area contributed by atoms with Gasteiger partial charge in [0.05, 0.1) is 0 Å². The van der Waals surface area contributed by atoms with Crippen molar-refractivity contribution in [3.8, 4) is 0 Å². The van der Waals surface area contributed by atoms with E-state index in [1.165, 1.54) is 0 Å². The van der Waals surface area contributed by atoms with E-state index < -0.39 is 22.5 Å². The minimum absolute atomic E-state index is 0. The zero-order valence-corrected chi connectivity index (χ0v) is 12.9. The van der Waals surface area contributed by atoms with Gasteiger partial charge in [0.15, 0.2) is 0 Å². The van der Waals surface area contributed by atoms with Crippen molar-refractivity contribution in [2.45, 2.75) is 44.5 Å². The molecule has 0 saturated heterocycles. The predicted octanol–water partition coefficient (Wildman–Crippen LogP) is -5.32. The van der Waals surface area contributed by atoms with E-state index in [0.717, 1.165) is 32.1 Å². The Labute approximate surface area is 137 Å². The van der Waals surface area contributed by atoms with Crippen molar-refractivity contribution in [3.63, 3.8) is 0 Å². The maximum Gasteiger partial charge on any atom is 1.00 e. The third-order valence-corrected chi connectivity index (χ3v) is 3.57. The van der Waals surface area contributed by atoms with Gasteiger partial charge in [-0.3, -0.25) is 0 Å². The number of rotatable bonds is 6. The van der Waals surface area contributed by atoms with Gasteiger partial charge in [0.2, 0.25) is 0 Å². The van der Waals surface area contributed by atoms with Crippen LogP contribution in [0.5, 0.6) is 0 Å². The summed E-state index contributed by atoms with van der Waals surface area (Å²) in [5, 5.41) is 9.69. The summed E-state index contributed by atoms with van der Waals surface area (Å²) in [4.78, 5) is 20.8. The van der Waals surface area contributed by atoms with Crippen molar-refractivity contribution >= 4 is 16.5 Å². The molecule has 1 aliphatic rings. The number of aliphatic hydroxyl groups is 1. The van der Waals surface area contributed by atoms with Crippen molar-refractivity contribution in [3.05, 3.63) is 0 Å². The van der Waals surface area contributed by atoms with Crippen molar-refractivity contribution < 1.29 is 70.8 Å². The van der Waals surface area contributed by atoms with E-state index in [9.17, 15) is 24.0 Å². The summed E-state index contributed by atoms with van der Waals surface area (Å²) in [5.41, 5.74) is 0. The van der Waals surface area contributed by atoms with Gasteiger partial charge in [0.25, 0.3) is 0 Å². The topological polar surface area (TPSA) is 119 Å². The molecule has 0 radical (unpaired) electrons. The van der Waals surface area contributed by atoms with Gasteiger partial charge in [-0.1, -0.05) is 41.2 Å². The van der Waals surface area contributed by atoms with E-state index in [2.05, 4.69) is 9.05 Å². The van der Waals surface area contributed by atoms with E-state index in [0.29, 0.717) is 0 Å². The molecular weight excluding hydrogens is 284 g/mol. The summed E-state index contributed by atoms with van der Waals surface area (Å²) < 4.78 is 29.1. The molecular formula is C8H14Li2O7P2+2. The SMILES string of the molecule is O=[P+]([O-])OC(O)(CC1CCCCC1)O[P+](=O)[O-].[Li+].[Li+]. The quantitative estimate of drug-likeness (QED) is 0.295. The van der Waals surface area contributed by atoms with Gasteiger partial charge in [-0.2, -0.15) is 0 Å². The average Bonchev–Trinajstić information content (AvgIpc) is 2.15. The van der Waals surface area contributed by atoms with Crippen LogP contribution in [0, 0.1) is 5.92 Å². The van der Waals surface area contributed by atoms with Crippen molar-refractivity contribution in [1.82, 2.24) is 0 Å². The largest absolute Gasteiger partial charge is 1.00 e. The van der Waals surface area contributed by atoms with E-state index in [4.69, 9.17) is 0 Å². The van der Waals surface area contributed by atoms with Gasteiger partial charge in [-0.15, -0.1) is 0 Å². The monoisotopic (exact) mass is 298 g/mol. The Bertz CT molecular complexity index is 283. The molecule has 0 aromatic carbocycles. The molecule has 2 atom stereocenters. The maximum absolute atomic E-state index is 10.4. The summed E-state index contributed by atoms with van der Waals surface area (Å²) in [6, 6.07) is 0. The Morgan fingerprint density at radius 1 is 1.05 bits per heavy atom. The smallest absolute Gasteiger partial charge is 0.566 e. The fraction of sp³-hybridized carbons (Fsp3) is 1.00. The van der Waals surface area contributed by atoms with Crippen LogP contribution in [-0.2, 0) is 18.2 Å². The van der Waals surface area contributed by atoms with Gasteiger partial charge in [-0.05, 0) is 15.0 Å². The van der Waals surface area contributed by atoms with E-state index in [1.807, 2.05) is 0 Å². The van der Waals surface area contributed by atoms with Gasteiger partial charge >= 0.3 is 60.2 Å². The Morgan fingerprint density at radius 2 is 1.47 bits per heavy atom. The molecule has 1 aliphatic carbocycles. The van der Waals surface area contributed by atoms with Crippen LogP contribution >= 0.6 is 16.5 Å². The molecule has 98 valence electrons. The normalized spacial score (nSPS) is 20.6. The Balaban J connectivity index is 0. The van der Waals surface area contributed by atoms with E-state index >= 15 is 0 Å². The second kappa shape index (κ2) is 10.9. The first-order chi connectivity index (χ1) is 7.91. The average molecular weight is 298 g/mol. The molecule has 19 heavy (non-hydrogen) atoms. The first-order valence-corrected chi connectivity index (χ1v) is 7.50. The molecule has 0 bridgehead atoms. The summed E-state index contributed by atoms with van der Waals surface area (Å²) in [6.07, 6.45) is 4.43. The maximum atomic E-state index is 10.4. The summed E-state index contributed by atoms with van der Waals surface area (Å²) in [6.45, 7) is 0. The fourth-order valence-corrected chi connectivity index (χ4v) is 2.83. The molecule has 0 aromatic rings. The number of hydrogen-bond acceptors (Lipinski definition) is 7. The molecule has 7 nitrogen and oxygen atoms in total. The van der Waals surface area contributed by atoms with Crippen LogP contribution < -0.4 is 47.5 Å². The Morgan fingerprint density at radius 3 is 1.84 bits per heavy atom. The first kappa shape index (κ1) is 22.5. The summed E-state index contributed by atoms with van der Waals surface area (Å²) >= 11 is 0. The molecule has 0 aromatic heterocycles. The van der Waals surface area contributed by atoms with Gasteiger partial charge < -0.3 is 14.9 Å². The standard InChI is InChI=1S/C8H14O7P2.2Li/c9-8(14-16(10)11,15-17(12)13)6-7-4-2-1-3-5-7;;/h7,9H,1-6H2;;/q;2*+1. The molecule has 1 N–H and O–H groups in total. The second-order valence-electron chi connectivity index (χ2n) is 4.05. The van der Waals surface area contributed by atoms with Crippen molar-refractivity contribution in [2.75, 3.05) is 0 Å². The molecule has 1 fully saturated rings. The van der Waals surface area contributed by atoms with Crippen LogP contribution in [0.4, 0.5) is 0 Å². The minimum atomic E-state index is -3.39. The zero-order chi connectivity index (χ0) is 12.9. The third kappa shape index (κ3) is 9.69. The molecule has 0 spiro atoms. The molecule has 1 rings (SSSR count). The predicted molar refractivity (Wildman–Crippen MR) is 53.5 cm³/mol. The fourth-order valence-electron chi connectivity index (χ4n) is 2.08. The molecule has 0 aliphatic heterocycles. The van der Waals surface area contributed by atoms with Crippen LogP contribution in [0.1, 0.15) is 38.5 Å². The minimum Gasteiger partial charge on any atom is -0.566 e. The van der Waals surface area contributed by atoms with Gasteiger partial charge in [-0.25, -0.2) is 0 Å². The van der Waals surface area contributed by atoms with Crippen molar-refractivity contribution in [2.24, 2.45) is 5.92 Å². The first-order valence-electron chi connectivity index (χ1n) is 5.31. The second-order valence-corrected chi connectivity index (χ2v) is 5.31. The van der Waals surface area contributed by atoms with Crippen molar-refractivity contribution in [1.29, 1.82) is 0 Å². The summed E-state index contributed by atoms with van der Waals surface area (Å²) in [7, 11) is -6.78. The van der Waals surface area contributed by atoms with Crippen LogP contribution in [0.15, 0.2) is 0 Å². The molecule has 0 heterocycles. The van der Waals surface area contributed by atoms with Crippen LogP contribution in [0.3, 0.4) is 0 Å². The van der Waals surface area contributed by atoms with Crippen LogP contribution in [0.25, 0.3) is 0 Å². The van der Waals surface area contributed by atoms with Gasteiger partial charge in [0.1, 0.15) is 0 Å². The Kier molecular flexibility index (Phi) is 12.8. The molecule has 0 amide bonds. The van der Waals surface area contributed by atoms with Crippen LogP contribution in [0.2, 0.25) is 0 Å².